The molecule has 0 saturated carbocycles. The number of rotatable bonds is 3. The Morgan fingerprint density at radius 3 is 2.67 bits per heavy atom. The molecule has 0 fully saturated rings. The van der Waals surface area contributed by atoms with Crippen LogP contribution in [0.5, 0.6) is 0 Å². The normalized spacial score (nSPS) is 10.3. The zero-order valence-corrected chi connectivity index (χ0v) is 5.48. The Kier molecular flexibility index (Phi) is 3.19. The van der Waals surface area contributed by atoms with Crippen molar-refractivity contribution in [3.8, 4) is 0 Å². The lowest BCUT2D eigenvalue weighted by atomic mass is 10.6. The molecule has 0 rings (SSSR count). The molecular formula is C4H7NO3S. The molecule has 0 aromatic rings. The van der Waals surface area contributed by atoms with Gasteiger partial charge in [0.25, 0.3) is 0 Å². The third-order valence-electron chi connectivity index (χ3n) is 0.512. The summed E-state index contributed by atoms with van der Waals surface area (Å²) in [5.74, 6) is 0. The van der Waals surface area contributed by atoms with Crippen LogP contribution in [-0.4, -0.2) is 19.5 Å². The summed E-state index contributed by atoms with van der Waals surface area (Å²) in [6, 6.07) is 0. The van der Waals surface area contributed by atoms with Crippen LogP contribution < -0.4 is 4.72 Å². The molecule has 52 valence electrons. The maximum absolute atomic E-state index is 9.88. The summed E-state index contributed by atoms with van der Waals surface area (Å²) in [6.45, 7) is 3.20. The summed E-state index contributed by atoms with van der Waals surface area (Å²) in [5, 5.41) is 0. The van der Waals surface area contributed by atoms with Crippen molar-refractivity contribution < 1.29 is 13.0 Å². The predicted molar refractivity (Wildman–Crippen MR) is 33.3 cm³/mol. The molecule has 5 heteroatoms. The Hall–Kier alpha value is -0.610. The van der Waals surface area contributed by atoms with Gasteiger partial charge in [-0.3, -0.25) is 4.55 Å². The molecule has 0 aromatic heterocycles. The second kappa shape index (κ2) is 3.42. The highest BCUT2D eigenvalue weighted by Crippen LogP contribution is 1.70. The molecule has 0 unspecified atom stereocenters. The van der Waals surface area contributed by atoms with Crippen LogP contribution >= 0.6 is 0 Å². The van der Waals surface area contributed by atoms with Crippen LogP contribution in [0, 0.1) is 0 Å². The fourth-order valence-electron chi connectivity index (χ4n) is 0.219. The molecule has 0 bridgehead atoms. The predicted octanol–water partition coefficient (Wildman–Crippen LogP) is -0.280. The van der Waals surface area contributed by atoms with Crippen LogP contribution in [-0.2, 0) is 10.3 Å². The Labute approximate surface area is 53.8 Å². The van der Waals surface area contributed by atoms with E-state index < -0.39 is 10.3 Å². The van der Waals surface area contributed by atoms with E-state index in [1.54, 1.807) is 4.72 Å². The summed E-state index contributed by atoms with van der Waals surface area (Å²) >= 11 is 0. The van der Waals surface area contributed by atoms with E-state index in [4.69, 9.17) is 4.55 Å². The number of hydrogen-bond acceptors (Lipinski definition) is 2. The van der Waals surface area contributed by atoms with E-state index in [0.29, 0.717) is 0 Å². The average molecular weight is 149 g/mol. The van der Waals surface area contributed by atoms with Crippen molar-refractivity contribution in [1.82, 2.24) is 4.72 Å². The van der Waals surface area contributed by atoms with Crippen LogP contribution in [0.3, 0.4) is 0 Å². The minimum absolute atomic E-state index is 0.0162. The molecule has 0 saturated heterocycles. The Bertz CT molecular complexity index is 212. The number of hydrogen-bond donors (Lipinski definition) is 2. The third-order valence-corrected chi connectivity index (χ3v) is 1.04. The van der Waals surface area contributed by atoms with Crippen LogP contribution in [0.15, 0.2) is 18.4 Å². The van der Waals surface area contributed by atoms with Gasteiger partial charge in [-0.25, -0.2) is 0 Å². The Morgan fingerprint density at radius 2 is 2.33 bits per heavy atom. The highest BCUT2D eigenvalue weighted by atomic mass is 32.2. The largest absolute Gasteiger partial charge is 0.333 e. The minimum Gasteiger partial charge on any atom is -0.273 e. The molecule has 0 aliphatic carbocycles. The first kappa shape index (κ1) is 8.39. The summed E-state index contributed by atoms with van der Waals surface area (Å²) in [7, 11) is -4.05. The summed E-state index contributed by atoms with van der Waals surface area (Å²) in [4.78, 5) is 0. The van der Waals surface area contributed by atoms with Gasteiger partial charge in [-0.05, 0) is 6.08 Å². The van der Waals surface area contributed by atoms with Crippen molar-refractivity contribution in [2.45, 2.75) is 0 Å². The lowest BCUT2D eigenvalue weighted by molar-refractivity contribution is 0.471. The summed E-state index contributed by atoms with van der Waals surface area (Å²) < 4.78 is 29.6. The average Bonchev–Trinajstić information content (AvgIpc) is 1.63. The smallest absolute Gasteiger partial charge is 0.273 e. The second-order valence-corrected chi connectivity index (χ2v) is 2.47. The van der Waals surface area contributed by atoms with Crippen molar-refractivity contribution in [3.63, 3.8) is 0 Å². The van der Waals surface area contributed by atoms with E-state index in [2.05, 4.69) is 12.3 Å². The second-order valence-electron chi connectivity index (χ2n) is 1.23. The molecule has 0 amide bonds. The van der Waals surface area contributed by atoms with Gasteiger partial charge in [0, 0.05) is 6.54 Å². The van der Waals surface area contributed by atoms with Gasteiger partial charge in [0.05, 0.1) is 0 Å². The molecule has 9 heavy (non-hydrogen) atoms. The SMILES string of the molecule is C=C=CCNS(=O)(=O)O. The van der Waals surface area contributed by atoms with Crippen molar-refractivity contribution in [3.05, 3.63) is 18.4 Å². The van der Waals surface area contributed by atoms with E-state index in [9.17, 15) is 8.42 Å². The highest BCUT2D eigenvalue weighted by molar-refractivity contribution is 7.83. The van der Waals surface area contributed by atoms with Crippen LogP contribution in [0.25, 0.3) is 0 Å². The molecule has 0 atom stereocenters. The molecule has 0 spiro atoms. The highest BCUT2D eigenvalue weighted by Gasteiger charge is 1.96. The first-order valence-electron chi connectivity index (χ1n) is 2.12. The Morgan fingerprint density at radius 1 is 1.78 bits per heavy atom. The van der Waals surface area contributed by atoms with Crippen LogP contribution in [0.1, 0.15) is 0 Å². The minimum atomic E-state index is -4.05. The lowest BCUT2D eigenvalue weighted by Gasteiger charge is -1.91. The first-order valence-corrected chi connectivity index (χ1v) is 3.56. The summed E-state index contributed by atoms with van der Waals surface area (Å²) in [6.07, 6.45) is 1.34. The monoisotopic (exact) mass is 149 g/mol. The van der Waals surface area contributed by atoms with Crippen molar-refractivity contribution in [2.24, 2.45) is 0 Å². The molecular weight excluding hydrogens is 142 g/mol. The van der Waals surface area contributed by atoms with E-state index in [1.807, 2.05) is 0 Å². The fraction of sp³-hybridized carbons (Fsp3) is 0.250. The van der Waals surface area contributed by atoms with Crippen molar-refractivity contribution in [2.75, 3.05) is 6.54 Å². The van der Waals surface area contributed by atoms with E-state index >= 15 is 0 Å². The standard InChI is InChI=1S/C4H7NO3S/c1-2-3-4-5-9(6,7)8/h3,5H,1,4H2,(H,6,7,8). The zero-order chi connectivity index (χ0) is 7.33. The maximum atomic E-state index is 9.88. The first-order chi connectivity index (χ1) is 4.06. The van der Waals surface area contributed by atoms with Gasteiger partial charge in [0.15, 0.2) is 0 Å². The summed E-state index contributed by atoms with van der Waals surface area (Å²) in [5.41, 5.74) is 2.33. The molecule has 2 N–H and O–H groups in total. The number of nitrogens with one attached hydrogen (secondary N) is 1. The lowest BCUT2D eigenvalue weighted by Crippen LogP contribution is -2.21. The van der Waals surface area contributed by atoms with Crippen molar-refractivity contribution >= 4 is 10.3 Å². The van der Waals surface area contributed by atoms with Gasteiger partial charge in [0.2, 0.25) is 0 Å². The van der Waals surface area contributed by atoms with Gasteiger partial charge in [-0.15, -0.1) is 5.73 Å². The van der Waals surface area contributed by atoms with E-state index in [1.165, 1.54) is 6.08 Å². The topological polar surface area (TPSA) is 66.4 Å². The molecule has 4 nitrogen and oxygen atoms in total. The van der Waals surface area contributed by atoms with Gasteiger partial charge in [-0.1, -0.05) is 6.58 Å². The molecule has 0 radical (unpaired) electrons. The van der Waals surface area contributed by atoms with Gasteiger partial charge in [0.1, 0.15) is 0 Å². The molecule has 0 aliphatic rings. The Balaban J connectivity index is 3.66. The van der Waals surface area contributed by atoms with Crippen LogP contribution in [0.4, 0.5) is 0 Å². The van der Waals surface area contributed by atoms with Crippen molar-refractivity contribution in [1.29, 1.82) is 0 Å². The zero-order valence-electron chi connectivity index (χ0n) is 4.66. The van der Waals surface area contributed by atoms with Crippen LogP contribution in [0.2, 0.25) is 0 Å². The third kappa shape index (κ3) is 7.39. The van der Waals surface area contributed by atoms with E-state index in [0.717, 1.165) is 0 Å². The van der Waals surface area contributed by atoms with E-state index in [-0.39, 0.29) is 6.54 Å². The molecule has 0 heterocycles. The van der Waals surface area contributed by atoms with Gasteiger partial charge >= 0.3 is 10.3 Å². The molecule has 0 aromatic carbocycles. The quantitative estimate of drug-likeness (QED) is 0.428. The molecule has 0 aliphatic heterocycles. The fourth-order valence-corrected chi connectivity index (χ4v) is 0.513. The van der Waals surface area contributed by atoms with Gasteiger partial charge in [-0.2, -0.15) is 13.1 Å². The van der Waals surface area contributed by atoms with Gasteiger partial charge < -0.3 is 0 Å². The maximum Gasteiger partial charge on any atom is 0.333 e.